The van der Waals surface area contributed by atoms with E-state index in [2.05, 4.69) is 0 Å². The fraction of sp³-hybridized carbons (Fsp3) is 0.273. The van der Waals surface area contributed by atoms with Gasteiger partial charge in [0.15, 0.2) is 0 Å². The Morgan fingerprint density at radius 3 is 2.80 bits per heavy atom. The van der Waals surface area contributed by atoms with E-state index in [-0.39, 0.29) is 22.2 Å². The average Bonchev–Trinajstić information content (AvgIpc) is 2.86. The molecular weight excluding hydrogens is 308 g/mol. The Labute approximate surface area is 122 Å². The number of nitro groups is 1. The lowest BCUT2D eigenvalue weighted by Crippen LogP contribution is -2.42. The molecule has 1 aliphatic heterocycles. The van der Waals surface area contributed by atoms with Crippen LogP contribution in [0.5, 0.6) is 0 Å². The number of benzene rings is 1. The number of hydrogen-bond acceptors (Lipinski definition) is 5. The summed E-state index contributed by atoms with van der Waals surface area (Å²) in [6, 6.07) is 2.90. The molecule has 0 radical (unpaired) electrons. The molecule has 1 heterocycles. The van der Waals surface area contributed by atoms with E-state index in [1.807, 2.05) is 0 Å². The van der Waals surface area contributed by atoms with E-state index in [0.29, 0.717) is 0 Å². The summed E-state index contributed by atoms with van der Waals surface area (Å²) in [5, 5.41) is 20.0. The maximum atomic E-state index is 12.4. The summed E-state index contributed by atoms with van der Waals surface area (Å²) in [7, 11) is 0. The van der Waals surface area contributed by atoms with Crippen LogP contribution in [0.1, 0.15) is 10.4 Å². The highest BCUT2D eigenvalue weighted by atomic mass is 35.5. The van der Waals surface area contributed by atoms with Gasteiger partial charge in [-0.2, -0.15) is 0 Å². The number of nitrogens with zero attached hydrogens (tertiary/aromatic N) is 2. The van der Waals surface area contributed by atoms with Crippen molar-refractivity contribution in [1.29, 1.82) is 0 Å². The Bertz CT molecular complexity index is 594. The molecule has 20 heavy (non-hydrogen) atoms. The van der Waals surface area contributed by atoms with Gasteiger partial charge in [-0.1, -0.05) is 17.7 Å². The summed E-state index contributed by atoms with van der Waals surface area (Å²) < 4.78 is 0. The van der Waals surface area contributed by atoms with E-state index < -0.39 is 28.5 Å². The quantitative estimate of drug-likeness (QED) is 0.674. The van der Waals surface area contributed by atoms with E-state index in [1.54, 1.807) is 0 Å². The molecule has 1 atom stereocenters. The Kier molecular flexibility index (Phi) is 4.15. The number of thioether (sulfide) groups is 1. The average molecular weight is 317 g/mol. The minimum absolute atomic E-state index is 0.0646. The van der Waals surface area contributed by atoms with Crippen LogP contribution in [0.15, 0.2) is 18.2 Å². The van der Waals surface area contributed by atoms with Crippen molar-refractivity contribution in [3.63, 3.8) is 0 Å². The van der Waals surface area contributed by atoms with Crippen molar-refractivity contribution in [1.82, 2.24) is 4.90 Å². The van der Waals surface area contributed by atoms with Crippen molar-refractivity contribution in [3.8, 4) is 0 Å². The Hall–Kier alpha value is -1.80. The van der Waals surface area contributed by atoms with Gasteiger partial charge < -0.3 is 10.0 Å². The lowest BCUT2D eigenvalue weighted by molar-refractivity contribution is -0.385. The number of carbonyl (C=O) groups excluding carboxylic acids is 1. The number of amides is 1. The fourth-order valence-corrected chi connectivity index (χ4v) is 3.26. The molecule has 0 unspecified atom stereocenters. The Morgan fingerprint density at radius 2 is 2.20 bits per heavy atom. The first kappa shape index (κ1) is 14.6. The van der Waals surface area contributed by atoms with Gasteiger partial charge >= 0.3 is 5.97 Å². The van der Waals surface area contributed by atoms with Crippen molar-refractivity contribution in [2.24, 2.45) is 0 Å². The van der Waals surface area contributed by atoms with Crippen LogP contribution in [0.4, 0.5) is 5.69 Å². The van der Waals surface area contributed by atoms with E-state index in [0.717, 1.165) is 11.0 Å². The molecule has 106 valence electrons. The summed E-state index contributed by atoms with van der Waals surface area (Å²) >= 11 is 7.14. The molecule has 2 rings (SSSR count). The van der Waals surface area contributed by atoms with Gasteiger partial charge in [-0.25, -0.2) is 4.79 Å². The third-order valence-electron chi connectivity index (χ3n) is 2.83. The first-order valence-electron chi connectivity index (χ1n) is 5.48. The van der Waals surface area contributed by atoms with Crippen molar-refractivity contribution in [3.05, 3.63) is 38.9 Å². The number of halogens is 1. The molecule has 0 saturated carbocycles. The molecule has 1 aromatic rings. The molecule has 9 heteroatoms. The molecular formula is C11H9ClN2O5S. The van der Waals surface area contributed by atoms with E-state index in [9.17, 15) is 19.7 Å². The number of nitro benzene ring substituents is 1. The van der Waals surface area contributed by atoms with Crippen molar-refractivity contribution < 1.29 is 19.6 Å². The number of carbonyl (C=O) groups is 2. The van der Waals surface area contributed by atoms with Gasteiger partial charge in [0, 0.05) is 11.8 Å². The predicted octanol–water partition coefficient (Wildman–Crippen LogP) is 1.85. The van der Waals surface area contributed by atoms with E-state index in [1.165, 1.54) is 23.9 Å². The van der Waals surface area contributed by atoms with E-state index in [4.69, 9.17) is 16.7 Å². The first-order chi connectivity index (χ1) is 9.43. The largest absolute Gasteiger partial charge is 0.480 e. The van der Waals surface area contributed by atoms with Crippen LogP contribution in [0.25, 0.3) is 0 Å². The summed E-state index contributed by atoms with van der Waals surface area (Å²) in [5.74, 6) is -1.46. The Morgan fingerprint density at radius 1 is 1.50 bits per heavy atom. The number of carboxylic acid groups (broad SMARTS) is 1. The van der Waals surface area contributed by atoms with Crippen LogP contribution in [0.3, 0.4) is 0 Å². The highest BCUT2D eigenvalue weighted by Gasteiger charge is 2.38. The molecule has 1 aliphatic rings. The topological polar surface area (TPSA) is 101 Å². The monoisotopic (exact) mass is 316 g/mol. The van der Waals surface area contributed by atoms with Gasteiger partial charge in [-0.3, -0.25) is 14.9 Å². The van der Waals surface area contributed by atoms with Crippen molar-refractivity contribution >= 4 is 40.9 Å². The number of aliphatic carboxylic acids is 1. The van der Waals surface area contributed by atoms with Gasteiger partial charge in [0.1, 0.15) is 11.6 Å². The Balaban J connectivity index is 2.44. The summed E-state index contributed by atoms with van der Waals surface area (Å²) in [4.78, 5) is 34.8. The lowest BCUT2D eigenvalue weighted by atomic mass is 10.1. The summed E-state index contributed by atoms with van der Waals surface area (Å²) in [6.07, 6.45) is 0. The third-order valence-corrected chi connectivity index (χ3v) is 4.16. The number of rotatable bonds is 3. The van der Waals surface area contributed by atoms with Crippen LogP contribution in [0, 0.1) is 10.1 Å². The molecule has 1 fully saturated rings. The van der Waals surface area contributed by atoms with Crippen LogP contribution >= 0.6 is 23.4 Å². The zero-order valence-electron chi connectivity index (χ0n) is 9.98. The normalized spacial score (nSPS) is 18.1. The predicted molar refractivity (Wildman–Crippen MR) is 73.0 cm³/mol. The van der Waals surface area contributed by atoms with Crippen molar-refractivity contribution in [2.45, 2.75) is 6.04 Å². The summed E-state index contributed by atoms with van der Waals surface area (Å²) in [6.45, 7) is 0. The van der Waals surface area contributed by atoms with Crippen molar-refractivity contribution in [2.75, 3.05) is 11.6 Å². The van der Waals surface area contributed by atoms with Crippen LogP contribution in [-0.4, -0.2) is 44.5 Å². The summed E-state index contributed by atoms with van der Waals surface area (Å²) in [5.41, 5.74) is -0.698. The van der Waals surface area contributed by atoms with Gasteiger partial charge in [-0.15, -0.1) is 11.8 Å². The standard InChI is InChI=1S/C11H9ClN2O5S/c12-6-2-1-3-7(14(18)19)9(6)10(15)13-5-20-4-8(13)11(16)17/h1-3,8H,4-5H2,(H,16,17)/t8-/m0/s1. The van der Waals surface area contributed by atoms with Crippen LogP contribution < -0.4 is 0 Å². The zero-order chi connectivity index (χ0) is 14.9. The minimum atomic E-state index is -1.14. The minimum Gasteiger partial charge on any atom is -0.480 e. The molecule has 1 N–H and O–H groups in total. The third kappa shape index (κ3) is 2.56. The smallest absolute Gasteiger partial charge is 0.327 e. The molecule has 7 nitrogen and oxygen atoms in total. The molecule has 0 aliphatic carbocycles. The van der Waals surface area contributed by atoms with Crippen LogP contribution in [-0.2, 0) is 4.79 Å². The lowest BCUT2D eigenvalue weighted by Gasteiger charge is -2.20. The maximum Gasteiger partial charge on any atom is 0.327 e. The van der Waals surface area contributed by atoms with Gasteiger partial charge in [0.2, 0.25) is 0 Å². The SMILES string of the molecule is O=C(O)[C@@H]1CSCN1C(=O)c1c(Cl)cccc1[N+](=O)[O-]. The molecule has 1 saturated heterocycles. The van der Waals surface area contributed by atoms with Gasteiger partial charge in [-0.05, 0) is 6.07 Å². The number of carboxylic acids is 1. The second-order valence-corrected chi connectivity index (χ2v) is 5.43. The van der Waals surface area contributed by atoms with Crippen LogP contribution in [0.2, 0.25) is 5.02 Å². The molecule has 0 spiro atoms. The molecule has 0 aromatic heterocycles. The number of hydrogen-bond donors (Lipinski definition) is 1. The second-order valence-electron chi connectivity index (χ2n) is 4.02. The highest BCUT2D eigenvalue weighted by Crippen LogP contribution is 2.31. The highest BCUT2D eigenvalue weighted by molar-refractivity contribution is 7.99. The van der Waals surface area contributed by atoms with E-state index >= 15 is 0 Å². The second kappa shape index (κ2) is 5.68. The first-order valence-corrected chi connectivity index (χ1v) is 7.01. The van der Waals surface area contributed by atoms with Gasteiger partial charge in [0.25, 0.3) is 11.6 Å². The molecule has 1 amide bonds. The maximum absolute atomic E-state index is 12.4. The zero-order valence-corrected chi connectivity index (χ0v) is 11.6. The molecule has 1 aromatic carbocycles. The molecule has 0 bridgehead atoms. The van der Waals surface area contributed by atoms with Gasteiger partial charge in [0.05, 0.1) is 15.8 Å². The fourth-order valence-electron chi connectivity index (χ4n) is 1.87.